The molecule has 0 aliphatic heterocycles. The molecule has 0 saturated carbocycles. The molecule has 1 aromatic carbocycles. The third-order valence-electron chi connectivity index (χ3n) is 5.76. The summed E-state index contributed by atoms with van der Waals surface area (Å²) in [6.45, 7) is 19.8. The number of hydrogen-bond acceptors (Lipinski definition) is 3. The van der Waals surface area contributed by atoms with E-state index in [9.17, 15) is 4.39 Å². The summed E-state index contributed by atoms with van der Waals surface area (Å²) < 4.78 is 23.5. The van der Waals surface area contributed by atoms with Crippen molar-refractivity contribution >= 4 is 19.5 Å². The molecular weight excluding hydrogens is 445 g/mol. The van der Waals surface area contributed by atoms with Gasteiger partial charge in [-0.25, -0.2) is 18.5 Å². The summed E-state index contributed by atoms with van der Waals surface area (Å²) in [6.07, 6.45) is 3.51. The van der Waals surface area contributed by atoms with Crippen LogP contribution >= 0.6 is 0 Å². The fourth-order valence-electron chi connectivity index (χ4n) is 3.98. The fourth-order valence-corrected chi connectivity index (χ4v) is 4.74. The van der Waals surface area contributed by atoms with Crippen molar-refractivity contribution in [1.82, 2.24) is 19.2 Å². The molecule has 0 aliphatic rings. The molecule has 0 radical (unpaired) electrons. The Morgan fingerprint density at radius 3 is 2.44 bits per heavy atom. The normalized spacial score (nSPS) is 11.9. The molecule has 0 N–H and O–H groups in total. The van der Waals surface area contributed by atoms with Crippen LogP contribution in [0.15, 0.2) is 48.8 Å². The van der Waals surface area contributed by atoms with E-state index in [1.165, 1.54) is 12.1 Å². The van der Waals surface area contributed by atoms with Crippen LogP contribution < -0.4 is 0 Å². The van der Waals surface area contributed by atoms with E-state index in [2.05, 4.69) is 43.3 Å². The number of ether oxygens (including phenoxy) is 1. The van der Waals surface area contributed by atoms with Gasteiger partial charge in [-0.05, 0) is 42.3 Å². The molecule has 0 bridgehead atoms. The first-order valence-corrected chi connectivity index (χ1v) is 15.2. The Morgan fingerprint density at radius 2 is 1.79 bits per heavy atom. The highest BCUT2D eigenvalue weighted by Crippen LogP contribution is 2.38. The Bertz CT molecular complexity index is 1340. The number of benzene rings is 1. The molecule has 0 saturated heterocycles. The molecule has 0 fully saturated rings. The van der Waals surface area contributed by atoms with Gasteiger partial charge in [-0.15, -0.1) is 0 Å². The van der Waals surface area contributed by atoms with Crippen LogP contribution in [0.2, 0.25) is 25.7 Å². The minimum Gasteiger partial charge on any atom is -0.362 e. The Hall–Kier alpha value is -3.28. The number of nitrogens with zero attached hydrogens (tertiary/aromatic N) is 5. The molecule has 0 amide bonds. The summed E-state index contributed by atoms with van der Waals surface area (Å²) in [6, 6.07) is 11.4. The zero-order valence-electron chi connectivity index (χ0n) is 20.3. The van der Waals surface area contributed by atoms with Gasteiger partial charge in [-0.1, -0.05) is 40.1 Å². The molecule has 0 unspecified atom stereocenters. The van der Waals surface area contributed by atoms with Crippen LogP contribution in [0.4, 0.5) is 10.2 Å². The van der Waals surface area contributed by atoms with E-state index in [1.54, 1.807) is 22.7 Å². The van der Waals surface area contributed by atoms with Crippen LogP contribution in [0, 0.1) is 12.4 Å². The lowest BCUT2D eigenvalue weighted by molar-refractivity contribution is 0.0761. The Kier molecular flexibility index (Phi) is 6.69. The number of hydrogen-bond donors (Lipinski definition) is 0. The minimum atomic E-state index is -1.20. The standard InChI is InChI=1S/C26H30FN5OSi/c1-18(2)26-24(20-9-12-22-29-15-23(28-3)31(22)16-20)25(19-7-10-21(27)11-8-19)30-32(26)17-33-13-14-34(4,5)6/h7-12,15-16,18H,13-14,17H2,1-2,4-6H3. The molecule has 0 spiro atoms. The van der Waals surface area contributed by atoms with Crippen LogP contribution in [0.1, 0.15) is 25.5 Å². The SMILES string of the molecule is [C-]#[N+]c1cnc2ccc(-c3c(-c4ccc(F)cc4)nn(COCC[Si](C)(C)C)c3C(C)C)cn12. The van der Waals surface area contributed by atoms with Crippen molar-refractivity contribution in [3.05, 3.63) is 71.7 Å². The van der Waals surface area contributed by atoms with E-state index >= 15 is 0 Å². The van der Waals surface area contributed by atoms with E-state index < -0.39 is 8.07 Å². The summed E-state index contributed by atoms with van der Waals surface area (Å²) in [7, 11) is -1.20. The van der Waals surface area contributed by atoms with Crippen molar-refractivity contribution in [2.75, 3.05) is 6.61 Å². The number of halogens is 1. The summed E-state index contributed by atoms with van der Waals surface area (Å²) in [5.41, 5.74) is 5.23. The van der Waals surface area contributed by atoms with E-state index in [4.69, 9.17) is 16.4 Å². The van der Waals surface area contributed by atoms with Crippen LogP contribution in [-0.2, 0) is 11.5 Å². The number of rotatable bonds is 8. The monoisotopic (exact) mass is 475 g/mol. The van der Waals surface area contributed by atoms with Crippen molar-refractivity contribution in [3.63, 3.8) is 0 Å². The zero-order chi connectivity index (χ0) is 24.5. The fraction of sp³-hybridized carbons (Fsp3) is 0.346. The first-order valence-electron chi connectivity index (χ1n) is 11.5. The summed E-state index contributed by atoms with van der Waals surface area (Å²) in [5, 5.41) is 4.95. The highest BCUT2D eigenvalue weighted by molar-refractivity contribution is 6.76. The number of aromatic nitrogens is 4. The molecule has 4 rings (SSSR count). The smallest absolute Gasteiger partial charge is 0.254 e. The molecule has 6 nitrogen and oxygen atoms in total. The lowest BCUT2D eigenvalue weighted by atomic mass is 9.95. The largest absolute Gasteiger partial charge is 0.362 e. The Morgan fingerprint density at radius 1 is 1.09 bits per heavy atom. The lowest BCUT2D eigenvalue weighted by Crippen LogP contribution is -2.22. The van der Waals surface area contributed by atoms with Crippen molar-refractivity contribution in [3.8, 4) is 22.4 Å². The van der Waals surface area contributed by atoms with Gasteiger partial charge in [0.1, 0.15) is 18.2 Å². The molecule has 0 atom stereocenters. The first-order chi connectivity index (χ1) is 16.2. The van der Waals surface area contributed by atoms with E-state index in [0.29, 0.717) is 24.8 Å². The second kappa shape index (κ2) is 9.53. The highest BCUT2D eigenvalue weighted by Gasteiger charge is 2.24. The lowest BCUT2D eigenvalue weighted by Gasteiger charge is -2.17. The molecule has 34 heavy (non-hydrogen) atoms. The predicted octanol–water partition coefficient (Wildman–Crippen LogP) is 6.99. The van der Waals surface area contributed by atoms with Gasteiger partial charge in [0.2, 0.25) is 5.65 Å². The summed E-state index contributed by atoms with van der Waals surface area (Å²) in [4.78, 5) is 7.90. The number of pyridine rings is 1. The van der Waals surface area contributed by atoms with Crippen LogP contribution in [0.25, 0.3) is 32.9 Å². The van der Waals surface area contributed by atoms with Gasteiger partial charge >= 0.3 is 0 Å². The van der Waals surface area contributed by atoms with Crippen LogP contribution in [0.3, 0.4) is 0 Å². The third kappa shape index (κ3) is 4.96. The molecule has 0 aliphatic carbocycles. The second-order valence-corrected chi connectivity index (χ2v) is 15.6. The minimum absolute atomic E-state index is 0.163. The summed E-state index contributed by atoms with van der Waals surface area (Å²) >= 11 is 0. The topological polar surface area (TPSA) is 48.7 Å². The zero-order valence-corrected chi connectivity index (χ0v) is 21.3. The van der Waals surface area contributed by atoms with Gasteiger partial charge < -0.3 is 9.58 Å². The second-order valence-electron chi connectivity index (χ2n) is 9.99. The van der Waals surface area contributed by atoms with Gasteiger partial charge in [0.05, 0.1) is 18.1 Å². The molecule has 3 heterocycles. The molecule has 8 heteroatoms. The maximum atomic E-state index is 13.7. The van der Waals surface area contributed by atoms with Crippen LogP contribution in [-0.4, -0.2) is 33.8 Å². The van der Waals surface area contributed by atoms with Gasteiger partial charge in [-0.3, -0.25) is 0 Å². The first kappa shape index (κ1) is 23.9. The predicted molar refractivity (Wildman–Crippen MR) is 136 cm³/mol. The molecule has 4 aromatic rings. The van der Waals surface area contributed by atoms with E-state index in [1.807, 2.05) is 23.0 Å². The van der Waals surface area contributed by atoms with Crippen LogP contribution in [0.5, 0.6) is 0 Å². The highest BCUT2D eigenvalue weighted by atomic mass is 28.3. The van der Waals surface area contributed by atoms with Gasteiger partial charge in [-0.2, -0.15) is 5.10 Å². The maximum Gasteiger partial charge on any atom is 0.254 e. The average molecular weight is 476 g/mol. The Balaban J connectivity index is 1.85. The van der Waals surface area contributed by atoms with Crippen molar-refractivity contribution in [1.29, 1.82) is 0 Å². The number of imidazole rings is 1. The van der Waals surface area contributed by atoms with E-state index in [0.717, 1.165) is 34.1 Å². The number of fused-ring (bicyclic) bond motifs is 1. The van der Waals surface area contributed by atoms with Gasteiger partial charge in [0, 0.05) is 37.4 Å². The van der Waals surface area contributed by atoms with Crippen molar-refractivity contribution in [2.45, 2.75) is 52.2 Å². The Labute approximate surface area is 200 Å². The quantitative estimate of drug-likeness (QED) is 0.157. The summed E-state index contributed by atoms with van der Waals surface area (Å²) in [5.74, 6) is 0.328. The van der Waals surface area contributed by atoms with E-state index in [-0.39, 0.29) is 11.7 Å². The van der Waals surface area contributed by atoms with Gasteiger partial charge in [0.15, 0.2) is 0 Å². The van der Waals surface area contributed by atoms with Gasteiger partial charge in [0.25, 0.3) is 5.82 Å². The van der Waals surface area contributed by atoms with Crippen molar-refractivity contribution in [2.24, 2.45) is 0 Å². The third-order valence-corrected chi connectivity index (χ3v) is 7.46. The molecule has 3 aromatic heterocycles. The molecule has 176 valence electrons. The van der Waals surface area contributed by atoms with Crippen molar-refractivity contribution < 1.29 is 9.13 Å². The maximum absolute atomic E-state index is 13.7. The average Bonchev–Trinajstić information content (AvgIpc) is 3.37. The molecular formula is C26H30FN5OSi.